The number of nitrogens with zero attached hydrogens (tertiary/aromatic N) is 4. The highest BCUT2D eigenvalue weighted by molar-refractivity contribution is 7.05. The molecule has 1 aromatic rings. The van der Waals surface area contributed by atoms with Gasteiger partial charge >= 0.3 is 9.12 Å². The molecule has 1 aromatic carbocycles. The van der Waals surface area contributed by atoms with Gasteiger partial charge in [-0.25, -0.2) is 0 Å². The Bertz CT molecular complexity index is 784. The van der Waals surface area contributed by atoms with E-state index in [2.05, 4.69) is 136 Å². The van der Waals surface area contributed by atoms with Crippen LogP contribution in [-0.2, 0) is 0 Å². The first-order valence-corrected chi connectivity index (χ1v) is 19.4. The summed E-state index contributed by atoms with van der Waals surface area (Å²) in [6, 6.07) is 9.13. The molecule has 0 aromatic heterocycles. The molecule has 0 saturated heterocycles. The van der Waals surface area contributed by atoms with Crippen molar-refractivity contribution in [2.75, 3.05) is 8.46 Å². The number of fused-ring (bicyclic) bond motifs is 1. The van der Waals surface area contributed by atoms with E-state index in [1.807, 2.05) is 0 Å². The van der Waals surface area contributed by atoms with Crippen LogP contribution in [0.2, 0.25) is 39.3 Å². The summed E-state index contributed by atoms with van der Waals surface area (Å²) in [4.78, 5) is 4.75. The summed E-state index contributed by atoms with van der Waals surface area (Å²) < 4.78 is 5.73. The van der Waals surface area contributed by atoms with Crippen LogP contribution in [-0.4, -0.2) is 46.5 Å². The molecular formula is C23H41N4Si3. The van der Waals surface area contributed by atoms with Gasteiger partial charge in [0.05, 0.1) is 5.32 Å². The highest BCUT2D eigenvalue weighted by atomic mass is 28.4. The quantitative estimate of drug-likeness (QED) is 0.511. The maximum absolute atomic E-state index is 3.75. The molecule has 2 heterocycles. The van der Waals surface area contributed by atoms with Gasteiger partial charge in [0.1, 0.15) is 16.5 Å². The molecule has 4 nitrogen and oxygen atoms in total. The molecule has 30 heavy (non-hydrogen) atoms. The minimum atomic E-state index is -1.64. The van der Waals surface area contributed by atoms with E-state index in [1.54, 1.807) is 0 Å². The van der Waals surface area contributed by atoms with Crippen molar-refractivity contribution in [3.8, 4) is 0 Å². The molecule has 2 aliphatic rings. The summed E-state index contributed by atoms with van der Waals surface area (Å²) in [5, 5.41) is 1.45. The predicted octanol–water partition coefficient (Wildman–Crippen LogP) is 6.06. The lowest BCUT2D eigenvalue weighted by Gasteiger charge is -2.46. The standard InChI is InChI=1S/C23H41N4Si3/c1-22(2,3)24-17-21(25(18-24)23(4,5)6)28-26(29(7,8)9)19-15-13-14-16-20(19)27(28)30(10,11)12/h13-17H,1-12H3. The third kappa shape index (κ3) is 4.12. The number of para-hydroxylation sites is 2. The van der Waals surface area contributed by atoms with E-state index in [4.69, 9.17) is 0 Å². The molecule has 0 saturated carbocycles. The molecule has 165 valence electrons. The first-order chi connectivity index (χ1) is 13.4. The average Bonchev–Trinajstić information content (AvgIpc) is 3.12. The van der Waals surface area contributed by atoms with E-state index >= 15 is 0 Å². The van der Waals surface area contributed by atoms with Crippen molar-refractivity contribution < 1.29 is 0 Å². The van der Waals surface area contributed by atoms with Crippen LogP contribution < -0.4 is 8.46 Å². The molecular weight excluding hydrogens is 417 g/mol. The van der Waals surface area contributed by atoms with Gasteiger partial charge < -0.3 is 18.3 Å². The van der Waals surface area contributed by atoms with Gasteiger partial charge in [0, 0.05) is 28.7 Å². The number of benzene rings is 1. The fourth-order valence-electron chi connectivity index (χ4n) is 4.14. The van der Waals surface area contributed by atoms with Crippen LogP contribution in [0.4, 0.5) is 11.4 Å². The highest BCUT2D eigenvalue weighted by Gasteiger charge is 2.54. The second-order valence-corrected chi connectivity index (χ2v) is 25.0. The molecule has 0 aliphatic carbocycles. The Morgan fingerprint density at radius 3 is 1.50 bits per heavy atom. The van der Waals surface area contributed by atoms with E-state index in [1.165, 1.54) is 16.7 Å². The summed E-state index contributed by atoms with van der Waals surface area (Å²) in [5.41, 5.74) is 2.87. The van der Waals surface area contributed by atoms with Gasteiger partial charge in [-0.3, -0.25) is 0 Å². The van der Waals surface area contributed by atoms with Crippen LogP contribution in [0.5, 0.6) is 0 Å². The summed E-state index contributed by atoms with van der Waals surface area (Å²) >= 11 is 0. The molecule has 0 bridgehead atoms. The fourth-order valence-corrected chi connectivity index (χ4v) is 15.0. The normalized spacial score (nSPS) is 19.0. The Labute approximate surface area is 189 Å². The average molecular weight is 458 g/mol. The molecule has 3 radical (unpaired) electrons. The minimum Gasteiger partial charge on any atom is -0.402 e. The maximum Gasteiger partial charge on any atom is 0.337 e. The lowest BCUT2D eigenvalue weighted by molar-refractivity contribution is 0.162. The van der Waals surface area contributed by atoms with Crippen molar-refractivity contribution in [2.24, 2.45) is 0 Å². The van der Waals surface area contributed by atoms with E-state index in [0.717, 1.165) is 0 Å². The van der Waals surface area contributed by atoms with Gasteiger partial charge in [-0.1, -0.05) is 51.4 Å². The molecule has 0 N–H and O–H groups in total. The lowest BCUT2D eigenvalue weighted by Crippen LogP contribution is -2.66. The van der Waals surface area contributed by atoms with Crippen molar-refractivity contribution in [2.45, 2.75) is 91.9 Å². The van der Waals surface area contributed by atoms with Crippen LogP contribution >= 0.6 is 0 Å². The van der Waals surface area contributed by atoms with Crippen LogP contribution in [0.25, 0.3) is 0 Å². The van der Waals surface area contributed by atoms with E-state index in [0.29, 0.717) is 0 Å². The van der Waals surface area contributed by atoms with Gasteiger partial charge in [0.15, 0.2) is 0 Å². The fraction of sp³-hybridized carbons (Fsp3) is 0.609. The third-order valence-electron chi connectivity index (χ3n) is 5.45. The van der Waals surface area contributed by atoms with Gasteiger partial charge in [0.25, 0.3) is 0 Å². The topological polar surface area (TPSA) is 13.0 Å². The van der Waals surface area contributed by atoms with E-state index in [-0.39, 0.29) is 11.1 Å². The third-order valence-corrected chi connectivity index (χ3v) is 16.1. The summed E-state index contributed by atoms with van der Waals surface area (Å²) in [7, 11) is -4.46. The summed E-state index contributed by atoms with van der Waals surface area (Å²) in [6.07, 6.45) is 2.41. The van der Waals surface area contributed by atoms with Crippen molar-refractivity contribution >= 4 is 37.0 Å². The second-order valence-electron chi connectivity index (χ2n) is 12.5. The van der Waals surface area contributed by atoms with Gasteiger partial charge in [-0.15, -0.1) is 0 Å². The van der Waals surface area contributed by atoms with Crippen LogP contribution in [0, 0.1) is 6.67 Å². The smallest absolute Gasteiger partial charge is 0.337 e. The Morgan fingerprint density at radius 1 is 0.733 bits per heavy atom. The zero-order valence-electron chi connectivity index (χ0n) is 21.2. The molecule has 0 unspecified atom stereocenters. The van der Waals surface area contributed by atoms with Crippen molar-refractivity contribution in [3.05, 3.63) is 42.5 Å². The molecule has 0 fully saturated rings. The molecule has 0 spiro atoms. The molecule has 0 atom stereocenters. The lowest BCUT2D eigenvalue weighted by atomic mass is 10.1. The Morgan fingerprint density at radius 2 is 1.17 bits per heavy atom. The second kappa shape index (κ2) is 7.17. The minimum absolute atomic E-state index is 0.00706. The zero-order valence-corrected chi connectivity index (χ0v) is 24.2. The van der Waals surface area contributed by atoms with Gasteiger partial charge in [-0.05, 0) is 53.7 Å². The van der Waals surface area contributed by atoms with Crippen molar-refractivity contribution in [1.82, 2.24) is 9.80 Å². The first kappa shape index (κ1) is 23.5. The van der Waals surface area contributed by atoms with Gasteiger partial charge in [-0.2, -0.15) is 0 Å². The zero-order chi connectivity index (χ0) is 22.9. The number of hydrogen-bond acceptors (Lipinski definition) is 4. The van der Waals surface area contributed by atoms with Gasteiger partial charge in [0.2, 0.25) is 6.67 Å². The molecule has 0 amide bonds. The predicted molar refractivity (Wildman–Crippen MR) is 138 cm³/mol. The van der Waals surface area contributed by atoms with Crippen molar-refractivity contribution in [1.29, 1.82) is 0 Å². The van der Waals surface area contributed by atoms with Crippen LogP contribution in [0.1, 0.15) is 41.5 Å². The Kier molecular flexibility index (Phi) is 5.61. The number of rotatable bonds is 3. The van der Waals surface area contributed by atoms with Crippen LogP contribution in [0.3, 0.4) is 0 Å². The molecule has 7 heteroatoms. The Hall–Kier alpha value is -1.19. The Balaban J connectivity index is 2.26. The maximum atomic E-state index is 3.75. The number of anilines is 2. The first-order valence-electron chi connectivity index (χ1n) is 11.1. The van der Waals surface area contributed by atoms with Crippen molar-refractivity contribution in [3.63, 3.8) is 0 Å². The number of hydrogen-bond donors (Lipinski definition) is 0. The van der Waals surface area contributed by atoms with E-state index in [9.17, 15) is 0 Å². The summed E-state index contributed by atoms with van der Waals surface area (Å²) in [5.74, 6) is 0. The molecule has 2 aliphatic heterocycles. The SMILES string of the molecule is CC(C)(C)N1[C]N(C(C)(C)C)C([Si]2N([Si](C)(C)C)c3ccccc3N2[Si](C)(C)C)=C1. The highest BCUT2D eigenvalue weighted by Crippen LogP contribution is 2.47. The van der Waals surface area contributed by atoms with Crippen LogP contribution in [0.15, 0.2) is 35.8 Å². The largest absolute Gasteiger partial charge is 0.402 e. The van der Waals surface area contributed by atoms with E-state index < -0.39 is 25.6 Å². The monoisotopic (exact) mass is 457 g/mol. The molecule has 3 rings (SSSR count). The summed E-state index contributed by atoms with van der Waals surface area (Å²) in [6.45, 7) is 32.4.